The summed E-state index contributed by atoms with van der Waals surface area (Å²) in [5.41, 5.74) is 6.89. The molecule has 0 radical (unpaired) electrons. The van der Waals surface area contributed by atoms with E-state index in [0.29, 0.717) is 35.5 Å². The lowest BCUT2D eigenvalue weighted by molar-refractivity contribution is -0.121. The van der Waals surface area contributed by atoms with Crippen molar-refractivity contribution in [2.45, 2.75) is 31.2 Å². The van der Waals surface area contributed by atoms with Gasteiger partial charge in [0.05, 0.1) is 23.9 Å². The van der Waals surface area contributed by atoms with Crippen molar-refractivity contribution < 1.29 is 14.3 Å². The van der Waals surface area contributed by atoms with Crippen molar-refractivity contribution in [2.24, 2.45) is 5.73 Å². The monoisotopic (exact) mass is 354 g/mol. The number of hydrogen-bond donors (Lipinski definition) is 3. The van der Waals surface area contributed by atoms with Gasteiger partial charge in [0, 0.05) is 24.1 Å². The molecule has 4 N–H and O–H groups in total. The summed E-state index contributed by atoms with van der Waals surface area (Å²) in [7, 11) is 1.50. The molecule has 2 amide bonds. The summed E-state index contributed by atoms with van der Waals surface area (Å²) in [5, 5.41) is 5.62. The van der Waals surface area contributed by atoms with Gasteiger partial charge in [-0.1, -0.05) is 12.8 Å². The van der Waals surface area contributed by atoms with Crippen LogP contribution in [0.3, 0.4) is 0 Å². The number of methoxy groups -OCH3 is 1. The summed E-state index contributed by atoms with van der Waals surface area (Å²) in [6, 6.07) is 8.41. The predicted molar refractivity (Wildman–Crippen MR) is 99.2 cm³/mol. The van der Waals surface area contributed by atoms with Gasteiger partial charge in [0.15, 0.2) is 0 Å². The van der Waals surface area contributed by atoms with Crippen LogP contribution in [0.5, 0.6) is 5.75 Å². The van der Waals surface area contributed by atoms with E-state index in [1.807, 2.05) is 0 Å². The molecule has 2 aromatic rings. The number of aromatic nitrogens is 1. The molecule has 7 heteroatoms. The number of benzene rings is 1. The maximum Gasteiger partial charge on any atom is 0.257 e. The first-order chi connectivity index (χ1) is 12.5. The third-order valence-corrected chi connectivity index (χ3v) is 4.58. The van der Waals surface area contributed by atoms with Crippen LogP contribution in [-0.4, -0.2) is 29.4 Å². The van der Waals surface area contributed by atoms with Gasteiger partial charge in [0.25, 0.3) is 5.91 Å². The summed E-state index contributed by atoms with van der Waals surface area (Å²) in [6.45, 7) is 0. The molecule has 1 aliphatic carbocycles. The van der Waals surface area contributed by atoms with E-state index in [1.54, 1.807) is 36.5 Å². The number of amides is 2. The average Bonchev–Trinajstić information content (AvgIpc) is 3.11. The van der Waals surface area contributed by atoms with Gasteiger partial charge in [-0.25, -0.2) is 0 Å². The topological polar surface area (TPSA) is 106 Å². The highest BCUT2D eigenvalue weighted by Crippen LogP contribution is 2.31. The smallest absolute Gasteiger partial charge is 0.257 e. The van der Waals surface area contributed by atoms with Gasteiger partial charge in [-0.15, -0.1) is 0 Å². The Hall–Kier alpha value is -2.93. The molecule has 0 bridgehead atoms. The first-order valence-electron chi connectivity index (χ1n) is 8.51. The zero-order valence-electron chi connectivity index (χ0n) is 14.6. The number of carbonyl (C=O) groups excluding carboxylic acids is 2. The maximum absolute atomic E-state index is 12.4. The molecule has 1 saturated carbocycles. The minimum absolute atomic E-state index is 0.191. The molecule has 1 aromatic carbocycles. The Balaban J connectivity index is 1.73. The van der Waals surface area contributed by atoms with Crippen LogP contribution in [0.4, 0.5) is 11.4 Å². The van der Waals surface area contributed by atoms with E-state index in [4.69, 9.17) is 10.5 Å². The molecule has 0 aliphatic heterocycles. The molecular weight excluding hydrogens is 332 g/mol. The van der Waals surface area contributed by atoms with Crippen LogP contribution >= 0.6 is 0 Å². The minimum atomic E-state index is -0.805. The molecular formula is C19H22N4O3. The van der Waals surface area contributed by atoms with Gasteiger partial charge in [0.1, 0.15) is 5.75 Å². The van der Waals surface area contributed by atoms with Gasteiger partial charge in [-0.2, -0.15) is 0 Å². The molecule has 3 rings (SSSR count). The molecule has 1 aromatic heterocycles. The molecule has 26 heavy (non-hydrogen) atoms. The second-order valence-electron chi connectivity index (χ2n) is 6.43. The largest absolute Gasteiger partial charge is 0.494 e. The molecule has 0 atom stereocenters. The summed E-state index contributed by atoms with van der Waals surface area (Å²) in [4.78, 5) is 28.6. The standard InChI is InChI=1S/C19H22N4O3/c1-26-16-11-14(22-18(25)19(20)8-2-3-9-19)6-7-15(16)23-17(24)13-5-4-10-21-12-13/h4-7,10-12H,2-3,8-9,20H2,1H3,(H,22,25)(H,23,24). The second kappa shape index (κ2) is 7.53. The fourth-order valence-corrected chi connectivity index (χ4v) is 3.05. The van der Waals surface area contributed by atoms with Gasteiger partial charge >= 0.3 is 0 Å². The lowest BCUT2D eigenvalue weighted by Gasteiger charge is -2.22. The number of hydrogen-bond acceptors (Lipinski definition) is 5. The Morgan fingerprint density at radius 1 is 1.19 bits per heavy atom. The number of nitrogens with zero attached hydrogens (tertiary/aromatic N) is 1. The van der Waals surface area contributed by atoms with Gasteiger partial charge in [-0.3, -0.25) is 14.6 Å². The van der Waals surface area contributed by atoms with Gasteiger partial charge in [0.2, 0.25) is 5.91 Å². The Bertz CT molecular complexity index is 802. The molecule has 7 nitrogen and oxygen atoms in total. The van der Waals surface area contributed by atoms with E-state index >= 15 is 0 Å². The number of rotatable bonds is 5. The molecule has 0 unspecified atom stereocenters. The van der Waals surface area contributed by atoms with E-state index in [-0.39, 0.29) is 11.8 Å². The number of pyridine rings is 1. The van der Waals surface area contributed by atoms with E-state index in [9.17, 15) is 9.59 Å². The van der Waals surface area contributed by atoms with Crippen molar-refractivity contribution in [3.8, 4) is 5.75 Å². The first kappa shape index (κ1) is 17.9. The Kier molecular flexibility index (Phi) is 5.18. The lowest BCUT2D eigenvalue weighted by Crippen LogP contribution is -2.48. The summed E-state index contributed by atoms with van der Waals surface area (Å²) < 4.78 is 5.34. The van der Waals surface area contributed by atoms with Crippen LogP contribution in [0.25, 0.3) is 0 Å². The van der Waals surface area contributed by atoms with Gasteiger partial charge < -0.3 is 21.1 Å². The Morgan fingerprint density at radius 2 is 1.96 bits per heavy atom. The zero-order valence-corrected chi connectivity index (χ0v) is 14.6. The quantitative estimate of drug-likeness (QED) is 0.765. The average molecular weight is 354 g/mol. The highest BCUT2D eigenvalue weighted by atomic mass is 16.5. The van der Waals surface area contributed by atoms with Crippen LogP contribution in [0.15, 0.2) is 42.7 Å². The highest BCUT2D eigenvalue weighted by molar-refractivity contribution is 6.05. The van der Waals surface area contributed by atoms with E-state index in [1.165, 1.54) is 13.3 Å². The highest BCUT2D eigenvalue weighted by Gasteiger charge is 2.37. The molecule has 0 spiro atoms. The van der Waals surface area contributed by atoms with Crippen LogP contribution in [-0.2, 0) is 4.79 Å². The van der Waals surface area contributed by atoms with E-state index in [2.05, 4.69) is 15.6 Å². The third kappa shape index (κ3) is 3.83. The maximum atomic E-state index is 12.4. The van der Waals surface area contributed by atoms with Crippen LogP contribution < -0.4 is 21.1 Å². The fraction of sp³-hybridized carbons (Fsp3) is 0.316. The summed E-state index contributed by atoms with van der Waals surface area (Å²) in [6.07, 6.45) is 6.39. The fourth-order valence-electron chi connectivity index (χ4n) is 3.05. The number of carbonyl (C=O) groups is 2. The minimum Gasteiger partial charge on any atom is -0.494 e. The van der Waals surface area contributed by atoms with Crippen molar-refractivity contribution in [3.63, 3.8) is 0 Å². The molecule has 1 aliphatic rings. The van der Waals surface area contributed by atoms with Crippen molar-refractivity contribution in [2.75, 3.05) is 17.7 Å². The molecule has 0 saturated heterocycles. The molecule has 1 fully saturated rings. The first-order valence-corrected chi connectivity index (χ1v) is 8.51. The lowest BCUT2D eigenvalue weighted by atomic mass is 9.98. The van der Waals surface area contributed by atoms with Gasteiger partial charge in [-0.05, 0) is 37.1 Å². The number of nitrogens with one attached hydrogen (secondary N) is 2. The zero-order chi connectivity index (χ0) is 18.6. The normalized spacial score (nSPS) is 15.3. The predicted octanol–water partition coefficient (Wildman–Crippen LogP) is 2.55. The van der Waals surface area contributed by atoms with Crippen molar-refractivity contribution >= 4 is 23.2 Å². The molecule has 136 valence electrons. The summed E-state index contributed by atoms with van der Waals surface area (Å²) >= 11 is 0. The number of anilines is 2. The van der Waals surface area contributed by atoms with Crippen molar-refractivity contribution in [3.05, 3.63) is 48.3 Å². The SMILES string of the molecule is COc1cc(NC(=O)C2(N)CCCC2)ccc1NC(=O)c1cccnc1. The Morgan fingerprint density at radius 3 is 2.62 bits per heavy atom. The van der Waals surface area contributed by atoms with E-state index in [0.717, 1.165) is 12.8 Å². The van der Waals surface area contributed by atoms with Crippen molar-refractivity contribution in [1.29, 1.82) is 0 Å². The second-order valence-corrected chi connectivity index (χ2v) is 6.43. The molecule has 1 heterocycles. The van der Waals surface area contributed by atoms with Crippen LogP contribution in [0.1, 0.15) is 36.0 Å². The Labute approximate surface area is 151 Å². The van der Waals surface area contributed by atoms with E-state index < -0.39 is 5.54 Å². The summed E-state index contributed by atoms with van der Waals surface area (Å²) in [5.74, 6) is -0.0400. The third-order valence-electron chi connectivity index (χ3n) is 4.58. The van der Waals surface area contributed by atoms with Crippen molar-refractivity contribution in [1.82, 2.24) is 4.98 Å². The van der Waals surface area contributed by atoms with Crippen LogP contribution in [0.2, 0.25) is 0 Å². The number of nitrogens with two attached hydrogens (primary N) is 1. The number of ether oxygens (including phenoxy) is 1. The van der Waals surface area contributed by atoms with Crippen LogP contribution in [0, 0.1) is 0 Å².